The van der Waals surface area contributed by atoms with E-state index in [0.717, 1.165) is 24.3 Å². The van der Waals surface area contributed by atoms with E-state index >= 15 is 0 Å². The fourth-order valence-electron chi connectivity index (χ4n) is 5.40. The van der Waals surface area contributed by atoms with Gasteiger partial charge in [-0.1, -0.05) is 0 Å². The summed E-state index contributed by atoms with van der Waals surface area (Å²) >= 11 is 11.9. The first kappa shape index (κ1) is 12.8. The number of rotatable bonds is 3. The van der Waals surface area contributed by atoms with Crippen LogP contribution in [0.4, 0.5) is 0 Å². The molecule has 5 aliphatic carbocycles. The van der Waals surface area contributed by atoms with Crippen molar-refractivity contribution in [2.45, 2.75) is 49.3 Å². The molecule has 2 nitrogen and oxygen atoms in total. The maximum absolute atomic E-state index is 12.0. The van der Waals surface area contributed by atoms with Crippen molar-refractivity contribution in [3.05, 3.63) is 0 Å². The molecule has 1 amide bonds. The predicted molar refractivity (Wildman–Crippen MR) is 76.2 cm³/mol. The Morgan fingerprint density at radius 3 is 1.89 bits per heavy atom. The highest BCUT2D eigenvalue weighted by atomic mass is 35.5. The molecule has 5 saturated carbocycles. The zero-order chi connectivity index (χ0) is 13.3. The van der Waals surface area contributed by atoms with Gasteiger partial charge in [0, 0.05) is 6.54 Å². The second kappa shape index (κ2) is 4.04. The standard InChI is InChI=1S/C15H21Cl2NO/c16-15(17)7-12(15)13(19)18-8-14-4-9-1-10(5-14)3-11(2-9)6-14/h9-12H,1-8H2,(H,18,19). The molecule has 5 rings (SSSR count). The Morgan fingerprint density at radius 2 is 1.47 bits per heavy atom. The Labute approximate surface area is 124 Å². The number of hydrogen-bond acceptors (Lipinski definition) is 1. The van der Waals surface area contributed by atoms with Gasteiger partial charge in [0.05, 0.1) is 5.92 Å². The first-order valence-corrected chi connectivity index (χ1v) is 8.37. The van der Waals surface area contributed by atoms with Gasteiger partial charge in [-0.15, -0.1) is 23.2 Å². The molecule has 0 aliphatic heterocycles. The van der Waals surface area contributed by atoms with Crippen LogP contribution >= 0.6 is 23.2 Å². The maximum atomic E-state index is 12.0. The summed E-state index contributed by atoms with van der Waals surface area (Å²) in [5, 5.41) is 3.15. The molecular formula is C15H21Cl2NO. The van der Waals surface area contributed by atoms with Gasteiger partial charge in [-0.3, -0.25) is 4.79 Å². The van der Waals surface area contributed by atoms with Crippen LogP contribution in [0.15, 0.2) is 0 Å². The number of nitrogens with one attached hydrogen (secondary N) is 1. The number of halogens is 2. The van der Waals surface area contributed by atoms with Crippen molar-refractivity contribution in [3.8, 4) is 0 Å². The topological polar surface area (TPSA) is 29.1 Å². The molecule has 0 aromatic rings. The number of alkyl halides is 2. The third-order valence-corrected chi connectivity index (χ3v) is 6.78. The zero-order valence-corrected chi connectivity index (χ0v) is 12.6. The summed E-state index contributed by atoms with van der Waals surface area (Å²) in [4.78, 5) is 12.0. The molecule has 0 aromatic heterocycles. The van der Waals surface area contributed by atoms with Crippen LogP contribution in [0.25, 0.3) is 0 Å². The molecule has 5 aliphatic rings. The molecule has 0 spiro atoms. The summed E-state index contributed by atoms with van der Waals surface area (Å²) in [6.45, 7) is 0.857. The molecule has 0 saturated heterocycles. The number of amides is 1. The predicted octanol–water partition coefficient (Wildman–Crippen LogP) is 3.51. The molecule has 0 radical (unpaired) electrons. The lowest BCUT2D eigenvalue weighted by Crippen LogP contribution is -2.51. The van der Waals surface area contributed by atoms with Gasteiger partial charge in [-0.2, -0.15) is 0 Å². The van der Waals surface area contributed by atoms with Crippen molar-refractivity contribution >= 4 is 29.1 Å². The lowest BCUT2D eigenvalue weighted by Gasteiger charge is -2.56. The van der Waals surface area contributed by atoms with Gasteiger partial charge in [0.2, 0.25) is 5.91 Å². The van der Waals surface area contributed by atoms with E-state index in [9.17, 15) is 4.79 Å². The van der Waals surface area contributed by atoms with Crippen LogP contribution < -0.4 is 5.32 Å². The summed E-state index contributed by atoms with van der Waals surface area (Å²) in [6, 6.07) is 0. The van der Waals surface area contributed by atoms with Crippen LogP contribution in [-0.2, 0) is 4.79 Å². The van der Waals surface area contributed by atoms with Gasteiger partial charge in [-0.05, 0) is 68.1 Å². The van der Waals surface area contributed by atoms with Crippen molar-refractivity contribution < 1.29 is 4.79 Å². The summed E-state index contributed by atoms with van der Waals surface area (Å²) < 4.78 is -0.786. The highest BCUT2D eigenvalue weighted by Gasteiger charge is 2.57. The number of carbonyl (C=O) groups excluding carboxylic acids is 1. The van der Waals surface area contributed by atoms with Crippen molar-refractivity contribution in [1.82, 2.24) is 5.32 Å². The lowest BCUT2D eigenvalue weighted by molar-refractivity contribution is -0.124. The van der Waals surface area contributed by atoms with E-state index < -0.39 is 4.33 Å². The van der Waals surface area contributed by atoms with Crippen LogP contribution in [0, 0.1) is 29.1 Å². The Hall–Kier alpha value is 0.0500. The highest BCUT2D eigenvalue weighted by molar-refractivity contribution is 6.52. The average molecular weight is 302 g/mol. The van der Waals surface area contributed by atoms with E-state index in [-0.39, 0.29) is 11.8 Å². The van der Waals surface area contributed by atoms with Crippen LogP contribution in [-0.4, -0.2) is 16.8 Å². The van der Waals surface area contributed by atoms with Gasteiger partial charge in [0.25, 0.3) is 0 Å². The molecule has 106 valence electrons. The average Bonchev–Trinajstić information content (AvgIpc) is 2.94. The van der Waals surface area contributed by atoms with E-state index in [1.165, 1.54) is 38.5 Å². The van der Waals surface area contributed by atoms with Crippen molar-refractivity contribution in [1.29, 1.82) is 0 Å². The first-order valence-electron chi connectivity index (χ1n) is 7.61. The van der Waals surface area contributed by atoms with Gasteiger partial charge < -0.3 is 5.32 Å². The maximum Gasteiger partial charge on any atom is 0.226 e. The SMILES string of the molecule is O=C(NCC12CC3CC(CC(C3)C1)C2)C1CC1(Cl)Cl. The van der Waals surface area contributed by atoms with Gasteiger partial charge in [0.1, 0.15) is 4.33 Å². The molecule has 1 unspecified atom stereocenters. The Kier molecular flexibility index (Phi) is 2.71. The minimum Gasteiger partial charge on any atom is -0.355 e. The molecule has 1 N–H and O–H groups in total. The summed E-state index contributed by atoms with van der Waals surface area (Å²) in [7, 11) is 0. The summed E-state index contributed by atoms with van der Waals surface area (Å²) in [6.07, 6.45) is 8.94. The molecule has 5 fully saturated rings. The fraction of sp³-hybridized carbons (Fsp3) is 0.933. The number of hydrogen-bond donors (Lipinski definition) is 1. The summed E-state index contributed by atoms with van der Waals surface area (Å²) in [5.41, 5.74) is 0.403. The monoisotopic (exact) mass is 301 g/mol. The van der Waals surface area contributed by atoms with E-state index in [1.54, 1.807) is 0 Å². The Balaban J connectivity index is 1.39. The van der Waals surface area contributed by atoms with E-state index in [2.05, 4.69) is 5.32 Å². The van der Waals surface area contributed by atoms with Crippen LogP contribution in [0.3, 0.4) is 0 Å². The quantitative estimate of drug-likeness (QED) is 0.794. The molecule has 19 heavy (non-hydrogen) atoms. The first-order chi connectivity index (χ1) is 8.96. The van der Waals surface area contributed by atoms with Crippen molar-refractivity contribution in [2.75, 3.05) is 6.54 Å². The zero-order valence-electron chi connectivity index (χ0n) is 11.1. The number of carbonyl (C=O) groups is 1. The van der Waals surface area contributed by atoms with Gasteiger partial charge in [0.15, 0.2) is 0 Å². The van der Waals surface area contributed by atoms with Gasteiger partial charge in [-0.25, -0.2) is 0 Å². The van der Waals surface area contributed by atoms with Crippen LogP contribution in [0.2, 0.25) is 0 Å². The second-order valence-electron chi connectivity index (χ2n) is 7.65. The third kappa shape index (κ3) is 2.19. The highest BCUT2D eigenvalue weighted by Crippen LogP contribution is 2.60. The molecule has 0 heterocycles. The molecule has 4 bridgehead atoms. The minimum absolute atomic E-state index is 0.0701. The van der Waals surface area contributed by atoms with Crippen LogP contribution in [0.1, 0.15) is 44.9 Å². The molecular weight excluding hydrogens is 281 g/mol. The van der Waals surface area contributed by atoms with E-state index in [4.69, 9.17) is 23.2 Å². The van der Waals surface area contributed by atoms with E-state index in [1.807, 2.05) is 0 Å². The Morgan fingerprint density at radius 1 is 1.00 bits per heavy atom. The smallest absolute Gasteiger partial charge is 0.226 e. The van der Waals surface area contributed by atoms with Gasteiger partial charge >= 0.3 is 0 Å². The summed E-state index contributed by atoms with van der Waals surface area (Å²) in [5.74, 6) is 2.70. The Bertz CT molecular complexity index is 385. The lowest BCUT2D eigenvalue weighted by atomic mass is 9.49. The fourth-order valence-corrected chi connectivity index (χ4v) is 5.91. The normalized spacial score (nSPS) is 49.2. The molecule has 4 heteroatoms. The largest absolute Gasteiger partial charge is 0.355 e. The van der Waals surface area contributed by atoms with Crippen molar-refractivity contribution in [3.63, 3.8) is 0 Å². The van der Waals surface area contributed by atoms with Crippen molar-refractivity contribution in [2.24, 2.45) is 29.1 Å². The third-order valence-electron chi connectivity index (χ3n) is 5.95. The molecule has 0 aromatic carbocycles. The van der Waals surface area contributed by atoms with Crippen LogP contribution in [0.5, 0.6) is 0 Å². The van der Waals surface area contributed by atoms with E-state index in [0.29, 0.717) is 11.8 Å². The minimum atomic E-state index is -0.786. The molecule has 1 atom stereocenters. The second-order valence-corrected chi connectivity index (χ2v) is 9.20.